The van der Waals surface area contributed by atoms with Gasteiger partial charge in [0.1, 0.15) is 10.6 Å². The predicted octanol–water partition coefficient (Wildman–Crippen LogP) is 4.20. The normalized spacial score (nSPS) is 10.8. The molecule has 0 aliphatic carbocycles. The van der Waals surface area contributed by atoms with Gasteiger partial charge >= 0.3 is 0 Å². The highest BCUT2D eigenvalue weighted by Gasteiger charge is 2.13. The van der Waals surface area contributed by atoms with E-state index in [9.17, 15) is 0 Å². The van der Waals surface area contributed by atoms with Gasteiger partial charge in [-0.05, 0) is 37.4 Å². The molecular formula is C16H18N4S. The molecule has 0 bridgehead atoms. The first-order valence-electron chi connectivity index (χ1n) is 6.98. The first kappa shape index (κ1) is 13.8. The molecule has 4 nitrogen and oxygen atoms in total. The topological polar surface area (TPSA) is 41.1 Å². The number of rotatable bonds is 4. The van der Waals surface area contributed by atoms with Gasteiger partial charge in [-0.1, -0.05) is 17.7 Å². The van der Waals surface area contributed by atoms with Crippen molar-refractivity contribution >= 4 is 39.0 Å². The summed E-state index contributed by atoms with van der Waals surface area (Å²) in [5.41, 5.74) is 2.37. The molecular weight excluding hydrogens is 280 g/mol. The molecule has 0 saturated carbocycles. The van der Waals surface area contributed by atoms with E-state index in [2.05, 4.69) is 62.8 Å². The molecule has 0 aliphatic rings. The lowest BCUT2D eigenvalue weighted by Crippen LogP contribution is -2.13. The van der Waals surface area contributed by atoms with Crippen molar-refractivity contribution in [1.29, 1.82) is 0 Å². The second kappa shape index (κ2) is 5.69. The summed E-state index contributed by atoms with van der Waals surface area (Å²) >= 11 is 1.64. The minimum atomic E-state index is 0.682. The van der Waals surface area contributed by atoms with Gasteiger partial charge in [-0.3, -0.25) is 0 Å². The number of thiophene rings is 1. The summed E-state index contributed by atoms with van der Waals surface area (Å²) in [7, 11) is 2.04. The Balaban J connectivity index is 2.09. The van der Waals surface area contributed by atoms with E-state index in [0.717, 1.165) is 28.3 Å². The third-order valence-electron chi connectivity index (χ3n) is 3.38. The van der Waals surface area contributed by atoms with Gasteiger partial charge < -0.3 is 10.2 Å². The Kier molecular flexibility index (Phi) is 3.75. The van der Waals surface area contributed by atoms with Gasteiger partial charge in [0.15, 0.2) is 0 Å². The first-order chi connectivity index (χ1) is 10.2. The fourth-order valence-corrected chi connectivity index (χ4v) is 2.98. The first-order valence-corrected chi connectivity index (χ1v) is 7.86. The number of nitrogens with one attached hydrogen (secondary N) is 1. The van der Waals surface area contributed by atoms with Crippen molar-refractivity contribution in [2.75, 3.05) is 23.8 Å². The van der Waals surface area contributed by atoms with Gasteiger partial charge in [-0.25, -0.2) is 4.98 Å². The number of benzene rings is 1. The van der Waals surface area contributed by atoms with Crippen molar-refractivity contribution in [3.63, 3.8) is 0 Å². The number of aromatic nitrogens is 2. The monoisotopic (exact) mass is 298 g/mol. The predicted molar refractivity (Wildman–Crippen MR) is 90.8 cm³/mol. The van der Waals surface area contributed by atoms with E-state index in [4.69, 9.17) is 0 Å². The van der Waals surface area contributed by atoms with Crippen LogP contribution >= 0.6 is 11.3 Å². The molecule has 0 radical (unpaired) electrons. The van der Waals surface area contributed by atoms with E-state index in [0.29, 0.717) is 5.95 Å². The van der Waals surface area contributed by atoms with Gasteiger partial charge in [0.05, 0.1) is 5.39 Å². The highest BCUT2D eigenvalue weighted by atomic mass is 32.1. The molecule has 5 heteroatoms. The minimum absolute atomic E-state index is 0.682. The number of nitrogens with zero attached hydrogens (tertiary/aromatic N) is 3. The van der Waals surface area contributed by atoms with E-state index in [1.165, 1.54) is 5.56 Å². The van der Waals surface area contributed by atoms with E-state index >= 15 is 0 Å². The molecule has 0 spiro atoms. The SMILES string of the molecule is CCNc1nc(N(C)c2ccc(C)cc2)c2ccsc2n1. The lowest BCUT2D eigenvalue weighted by Gasteiger charge is -2.20. The number of hydrogen-bond acceptors (Lipinski definition) is 5. The maximum atomic E-state index is 4.67. The standard InChI is InChI=1S/C16H18N4S/c1-4-17-16-18-14(13-9-10-21-15(13)19-16)20(3)12-7-5-11(2)6-8-12/h5-10H,4H2,1-3H3,(H,17,18,19). The average molecular weight is 298 g/mol. The van der Waals surface area contributed by atoms with Crippen LogP contribution in [-0.4, -0.2) is 23.6 Å². The third-order valence-corrected chi connectivity index (χ3v) is 4.19. The van der Waals surface area contributed by atoms with Crippen LogP contribution in [-0.2, 0) is 0 Å². The summed E-state index contributed by atoms with van der Waals surface area (Å²) in [6, 6.07) is 10.5. The smallest absolute Gasteiger partial charge is 0.226 e. The van der Waals surface area contributed by atoms with E-state index in [1.54, 1.807) is 11.3 Å². The molecule has 0 unspecified atom stereocenters. The molecule has 21 heavy (non-hydrogen) atoms. The fraction of sp³-hybridized carbons (Fsp3) is 0.250. The molecule has 0 atom stereocenters. The molecule has 1 aromatic carbocycles. The van der Waals surface area contributed by atoms with E-state index in [1.807, 2.05) is 14.0 Å². The van der Waals surface area contributed by atoms with Crippen LogP contribution in [0.25, 0.3) is 10.2 Å². The van der Waals surface area contributed by atoms with Crippen LogP contribution in [0.3, 0.4) is 0 Å². The molecule has 1 N–H and O–H groups in total. The van der Waals surface area contributed by atoms with Gasteiger partial charge in [0, 0.05) is 19.3 Å². The van der Waals surface area contributed by atoms with Crippen molar-refractivity contribution in [3.8, 4) is 0 Å². The van der Waals surface area contributed by atoms with Gasteiger partial charge in [0.25, 0.3) is 0 Å². The number of hydrogen-bond donors (Lipinski definition) is 1. The Morgan fingerprint density at radius 3 is 2.62 bits per heavy atom. The second-order valence-electron chi connectivity index (χ2n) is 4.94. The van der Waals surface area contributed by atoms with Crippen LogP contribution in [0.5, 0.6) is 0 Å². The summed E-state index contributed by atoms with van der Waals surface area (Å²) < 4.78 is 0. The maximum Gasteiger partial charge on any atom is 0.226 e. The molecule has 0 amide bonds. The summed E-state index contributed by atoms with van der Waals surface area (Å²) in [6.45, 7) is 4.95. The Hall–Kier alpha value is -2.14. The van der Waals surface area contributed by atoms with Crippen LogP contribution < -0.4 is 10.2 Å². The number of fused-ring (bicyclic) bond motifs is 1. The highest BCUT2D eigenvalue weighted by Crippen LogP contribution is 2.32. The number of anilines is 3. The quantitative estimate of drug-likeness (QED) is 0.783. The summed E-state index contributed by atoms with van der Waals surface area (Å²) in [6.07, 6.45) is 0. The van der Waals surface area contributed by atoms with Crippen LogP contribution in [0.4, 0.5) is 17.5 Å². The zero-order valence-electron chi connectivity index (χ0n) is 12.4. The minimum Gasteiger partial charge on any atom is -0.354 e. The summed E-state index contributed by atoms with van der Waals surface area (Å²) in [4.78, 5) is 12.3. The number of aryl methyl sites for hydroxylation is 1. The molecule has 108 valence electrons. The lowest BCUT2D eigenvalue weighted by molar-refractivity contribution is 1.07. The average Bonchev–Trinajstić information content (AvgIpc) is 2.95. The Bertz CT molecular complexity index is 749. The highest BCUT2D eigenvalue weighted by molar-refractivity contribution is 7.16. The molecule has 0 saturated heterocycles. The van der Waals surface area contributed by atoms with Crippen molar-refractivity contribution < 1.29 is 0 Å². The third kappa shape index (κ3) is 2.69. The maximum absolute atomic E-state index is 4.67. The fourth-order valence-electron chi connectivity index (χ4n) is 2.22. The Labute approximate surface area is 128 Å². The van der Waals surface area contributed by atoms with Gasteiger partial charge in [-0.2, -0.15) is 4.98 Å². The zero-order chi connectivity index (χ0) is 14.8. The van der Waals surface area contributed by atoms with Crippen LogP contribution in [0.2, 0.25) is 0 Å². The second-order valence-corrected chi connectivity index (χ2v) is 5.83. The Morgan fingerprint density at radius 2 is 1.90 bits per heavy atom. The van der Waals surface area contributed by atoms with Gasteiger partial charge in [0.2, 0.25) is 5.95 Å². The van der Waals surface area contributed by atoms with Crippen LogP contribution in [0.15, 0.2) is 35.7 Å². The summed E-state index contributed by atoms with van der Waals surface area (Å²) in [5.74, 6) is 1.61. The summed E-state index contributed by atoms with van der Waals surface area (Å²) in [5, 5.41) is 6.35. The molecule has 0 fully saturated rings. The van der Waals surface area contributed by atoms with Crippen molar-refractivity contribution in [2.24, 2.45) is 0 Å². The Morgan fingerprint density at radius 1 is 1.14 bits per heavy atom. The molecule has 3 rings (SSSR count). The van der Waals surface area contributed by atoms with E-state index < -0.39 is 0 Å². The molecule has 0 aliphatic heterocycles. The van der Waals surface area contributed by atoms with Crippen LogP contribution in [0, 0.1) is 6.92 Å². The van der Waals surface area contributed by atoms with E-state index in [-0.39, 0.29) is 0 Å². The van der Waals surface area contributed by atoms with Crippen LogP contribution in [0.1, 0.15) is 12.5 Å². The largest absolute Gasteiger partial charge is 0.354 e. The molecule has 2 heterocycles. The molecule has 2 aromatic heterocycles. The van der Waals surface area contributed by atoms with Crippen molar-refractivity contribution in [2.45, 2.75) is 13.8 Å². The van der Waals surface area contributed by atoms with Crippen molar-refractivity contribution in [1.82, 2.24) is 9.97 Å². The lowest BCUT2D eigenvalue weighted by atomic mass is 10.2. The molecule has 3 aromatic rings. The van der Waals surface area contributed by atoms with Crippen molar-refractivity contribution in [3.05, 3.63) is 41.3 Å². The van der Waals surface area contributed by atoms with Gasteiger partial charge in [-0.15, -0.1) is 11.3 Å². The zero-order valence-corrected chi connectivity index (χ0v) is 13.2.